The lowest BCUT2D eigenvalue weighted by Gasteiger charge is -2.27. The summed E-state index contributed by atoms with van der Waals surface area (Å²) in [5, 5.41) is 2.19. The maximum absolute atomic E-state index is 13.0. The second-order valence-electron chi connectivity index (χ2n) is 6.48. The van der Waals surface area contributed by atoms with E-state index in [-0.39, 0.29) is 23.5 Å². The Balaban J connectivity index is 1.98. The molecule has 1 aliphatic heterocycles. The SMILES string of the molecule is CCC(=O)Oc1ccc(/C=C2/C(=O)NC(=O)N(c3ccccc3C)C2=O)cc1OC. The van der Waals surface area contributed by atoms with Gasteiger partial charge in [-0.25, -0.2) is 9.69 Å². The maximum Gasteiger partial charge on any atom is 0.335 e. The minimum absolute atomic E-state index is 0.201. The number of ether oxygens (including phenoxy) is 2. The molecule has 1 heterocycles. The highest BCUT2D eigenvalue weighted by molar-refractivity contribution is 6.39. The summed E-state index contributed by atoms with van der Waals surface area (Å²) in [4.78, 5) is 50.1. The highest BCUT2D eigenvalue weighted by Crippen LogP contribution is 2.30. The Morgan fingerprint density at radius 1 is 1.10 bits per heavy atom. The van der Waals surface area contributed by atoms with Crippen LogP contribution in [0.2, 0.25) is 0 Å². The Morgan fingerprint density at radius 3 is 2.50 bits per heavy atom. The molecule has 30 heavy (non-hydrogen) atoms. The molecule has 1 fully saturated rings. The zero-order chi connectivity index (χ0) is 21.8. The number of rotatable bonds is 5. The van der Waals surface area contributed by atoms with Gasteiger partial charge in [0.2, 0.25) is 0 Å². The van der Waals surface area contributed by atoms with Crippen LogP contribution < -0.4 is 19.7 Å². The van der Waals surface area contributed by atoms with Gasteiger partial charge in [0.1, 0.15) is 5.57 Å². The molecule has 1 N–H and O–H groups in total. The van der Waals surface area contributed by atoms with Gasteiger partial charge in [0.05, 0.1) is 12.8 Å². The molecule has 2 aromatic rings. The predicted octanol–water partition coefficient (Wildman–Crippen LogP) is 2.99. The number of anilines is 1. The average Bonchev–Trinajstić information content (AvgIpc) is 2.73. The molecule has 1 saturated heterocycles. The van der Waals surface area contributed by atoms with Gasteiger partial charge < -0.3 is 9.47 Å². The third kappa shape index (κ3) is 4.07. The number of hydrogen-bond donors (Lipinski definition) is 1. The Bertz CT molecular complexity index is 1070. The number of benzene rings is 2. The van der Waals surface area contributed by atoms with Crippen molar-refractivity contribution in [1.29, 1.82) is 0 Å². The van der Waals surface area contributed by atoms with Gasteiger partial charge in [0.25, 0.3) is 11.8 Å². The minimum Gasteiger partial charge on any atom is -0.493 e. The van der Waals surface area contributed by atoms with Crippen LogP contribution >= 0.6 is 0 Å². The molecule has 0 unspecified atom stereocenters. The molecule has 154 valence electrons. The molecule has 0 radical (unpaired) electrons. The number of para-hydroxylation sites is 1. The van der Waals surface area contributed by atoms with Crippen LogP contribution in [-0.4, -0.2) is 30.9 Å². The molecule has 2 aromatic carbocycles. The lowest BCUT2D eigenvalue weighted by molar-refractivity contribution is -0.134. The van der Waals surface area contributed by atoms with Crippen molar-refractivity contribution in [3.8, 4) is 11.5 Å². The van der Waals surface area contributed by atoms with E-state index >= 15 is 0 Å². The first-order valence-electron chi connectivity index (χ1n) is 9.21. The number of barbiturate groups is 1. The predicted molar refractivity (Wildman–Crippen MR) is 109 cm³/mol. The number of methoxy groups -OCH3 is 1. The number of imide groups is 2. The summed E-state index contributed by atoms with van der Waals surface area (Å²) in [5.41, 5.74) is 1.34. The lowest BCUT2D eigenvalue weighted by atomic mass is 10.1. The number of carbonyl (C=O) groups excluding carboxylic acids is 4. The van der Waals surface area contributed by atoms with E-state index in [1.165, 1.54) is 25.3 Å². The van der Waals surface area contributed by atoms with Crippen molar-refractivity contribution in [3.63, 3.8) is 0 Å². The molecule has 1 aliphatic rings. The van der Waals surface area contributed by atoms with Crippen LogP contribution in [0.4, 0.5) is 10.5 Å². The Hall–Kier alpha value is -3.94. The van der Waals surface area contributed by atoms with Crippen molar-refractivity contribution in [2.75, 3.05) is 12.0 Å². The van der Waals surface area contributed by atoms with Gasteiger partial charge >= 0.3 is 12.0 Å². The van der Waals surface area contributed by atoms with Crippen molar-refractivity contribution in [1.82, 2.24) is 5.32 Å². The number of amides is 4. The Morgan fingerprint density at radius 2 is 1.83 bits per heavy atom. The first kappa shape index (κ1) is 20.8. The molecule has 8 nitrogen and oxygen atoms in total. The van der Waals surface area contributed by atoms with Gasteiger partial charge in [-0.05, 0) is 42.3 Å². The van der Waals surface area contributed by atoms with Gasteiger partial charge in [-0.15, -0.1) is 0 Å². The van der Waals surface area contributed by atoms with E-state index in [1.807, 2.05) is 0 Å². The third-order valence-corrected chi connectivity index (χ3v) is 4.47. The maximum atomic E-state index is 13.0. The number of carbonyl (C=O) groups is 4. The topological polar surface area (TPSA) is 102 Å². The standard InChI is InChI=1S/C22H20N2O6/c1-4-19(25)30-17-10-9-14(12-18(17)29-3)11-15-20(26)23-22(28)24(21(15)27)16-8-6-5-7-13(16)2/h5-12H,4H2,1-3H3,(H,23,26,28)/b15-11-. The second-order valence-corrected chi connectivity index (χ2v) is 6.48. The average molecular weight is 408 g/mol. The molecular formula is C22H20N2O6. The number of esters is 1. The molecule has 0 atom stereocenters. The first-order chi connectivity index (χ1) is 14.3. The van der Waals surface area contributed by atoms with Crippen LogP contribution in [0.5, 0.6) is 11.5 Å². The Labute approximate surface area is 173 Å². The van der Waals surface area contributed by atoms with Crippen LogP contribution in [0, 0.1) is 6.92 Å². The molecule has 3 rings (SSSR count). The molecule has 0 spiro atoms. The zero-order valence-electron chi connectivity index (χ0n) is 16.7. The largest absolute Gasteiger partial charge is 0.493 e. The molecule has 0 aliphatic carbocycles. The van der Waals surface area contributed by atoms with Crippen LogP contribution in [0.15, 0.2) is 48.0 Å². The number of nitrogens with zero attached hydrogens (tertiary/aromatic N) is 1. The normalized spacial score (nSPS) is 15.2. The van der Waals surface area contributed by atoms with E-state index in [0.717, 1.165) is 4.90 Å². The molecule has 0 bridgehead atoms. The summed E-state index contributed by atoms with van der Waals surface area (Å²) >= 11 is 0. The van der Waals surface area contributed by atoms with Gasteiger partial charge in [-0.2, -0.15) is 0 Å². The molecule has 0 aromatic heterocycles. The van der Waals surface area contributed by atoms with E-state index < -0.39 is 23.8 Å². The van der Waals surface area contributed by atoms with Crippen molar-refractivity contribution < 1.29 is 28.7 Å². The van der Waals surface area contributed by atoms with E-state index in [2.05, 4.69) is 5.32 Å². The van der Waals surface area contributed by atoms with Crippen LogP contribution in [0.3, 0.4) is 0 Å². The summed E-state index contributed by atoms with van der Waals surface area (Å²) in [6.45, 7) is 3.43. The van der Waals surface area contributed by atoms with Crippen LogP contribution in [-0.2, 0) is 14.4 Å². The summed E-state index contributed by atoms with van der Waals surface area (Å²) in [6, 6.07) is 10.7. The fourth-order valence-electron chi connectivity index (χ4n) is 2.91. The summed E-state index contributed by atoms with van der Waals surface area (Å²) in [7, 11) is 1.41. The molecule has 8 heteroatoms. The molecular weight excluding hydrogens is 388 g/mol. The summed E-state index contributed by atoms with van der Waals surface area (Å²) in [6.07, 6.45) is 1.55. The van der Waals surface area contributed by atoms with Gasteiger partial charge in [0.15, 0.2) is 11.5 Å². The number of urea groups is 1. The zero-order valence-corrected chi connectivity index (χ0v) is 16.7. The van der Waals surface area contributed by atoms with Crippen LogP contribution in [0.1, 0.15) is 24.5 Å². The van der Waals surface area contributed by atoms with E-state index in [4.69, 9.17) is 9.47 Å². The molecule has 4 amide bonds. The number of aryl methyl sites for hydroxylation is 1. The van der Waals surface area contributed by atoms with Crippen molar-refractivity contribution in [2.45, 2.75) is 20.3 Å². The van der Waals surface area contributed by atoms with E-state index in [9.17, 15) is 19.2 Å². The van der Waals surface area contributed by atoms with Gasteiger partial charge in [0, 0.05) is 6.42 Å². The molecule has 0 saturated carbocycles. The number of hydrogen-bond acceptors (Lipinski definition) is 6. The van der Waals surface area contributed by atoms with Crippen LogP contribution in [0.25, 0.3) is 6.08 Å². The smallest absolute Gasteiger partial charge is 0.335 e. The highest BCUT2D eigenvalue weighted by Gasteiger charge is 2.37. The first-order valence-corrected chi connectivity index (χ1v) is 9.21. The summed E-state index contributed by atoms with van der Waals surface area (Å²) in [5.74, 6) is -1.47. The Kier molecular flexibility index (Phi) is 5.96. The highest BCUT2D eigenvalue weighted by atomic mass is 16.6. The fraction of sp³-hybridized carbons (Fsp3) is 0.182. The second kappa shape index (κ2) is 8.60. The van der Waals surface area contributed by atoms with Crippen molar-refractivity contribution >= 4 is 35.6 Å². The quantitative estimate of drug-likeness (QED) is 0.353. The minimum atomic E-state index is -0.809. The third-order valence-electron chi connectivity index (χ3n) is 4.47. The van der Waals surface area contributed by atoms with E-state index in [1.54, 1.807) is 44.2 Å². The lowest BCUT2D eigenvalue weighted by Crippen LogP contribution is -2.54. The summed E-state index contributed by atoms with van der Waals surface area (Å²) < 4.78 is 10.4. The number of nitrogens with one attached hydrogen (secondary N) is 1. The van der Waals surface area contributed by atoms with E-state index in [0.29, 0.717) is 16.8 Å². The monoisotopic (exact) mass is 408 g/mol. The van der Waals surface area contributed by atoms with Gasteiger partial charge in [-0.3, -0.25) is 19.7 Å². The van der Waals surface area contributed by atoms with Crippen molar-refractivity contribution in [3.05, 3.63) is 59.2 Å². The van der Waals surface area contributed by atoms with Gasteiger partial charge in [-0.1, -0.05) is 31.2 Å². The fourth-order valence-corrected chi connectivity index (χ4v) is 2.91. The van der Waals surface area contributed by atoms with Crippen molar-refractivity contribution in [2.24, 2.45) is 0 Å².